The first-order valence-electron chi connectivity index (χ1n) is 3.86. The highest BCUT2D eigenvalue weighted by atomic mass is 16.3. The number of aliphatic hydroxyl groups excluding tert-OH is 1. The number of benzene rings is 1. The summed E-state index contributed by atoms with van der Waals surface area (Å²) >= 11 is 0. The quantitative estimate of drug-likeness (QED) is 0.675. The van der Waals surface area contributed by atoms with Crippen LogP contribution in [0.15, 0.2) is 24.4 Å². The monoisotopic (exact) mass is 176 g/mol. The second-order valence-electron chi connectivity index (χ2n) is 2.70. The largest absolute Gasteiger partial charge is 0.506 e. The van der Waals surface area contributed by atoms with Gasteiger partial charge in [0.15, 0.2) is 0 Å². The first-order valence-corrected chi connectivity index (χ1v) is 3.86. The molecule has 13 heavy (non-hydrogen) atoms. The van der Waals surface area contributed by atoms with E-state index in [4.69, 9.17) is 5.11 Å². The molecule has 0 saturated carbocycles. The van der Waals surface area contributed by atoms with Gasteiger partial charge in [-0.05, 0) is 6.07 Å². The number of phenols is 1. The van der Waals surface area contributed by atoms with Crippen LogP contribution in [0.5, 0.6) is 5.75 Å². The van der Waals surface area contributed by atoms with Gasteiger partial charge in [0.2, 0.25) is 0 Å². The molecule has 0 radical (unpaired) electrons. The van der Waals surface area contributed by atoms with Crippen LogP contribution in [0.3, 0.4) is 0 Å². The Morgan fingerprint density at radius 3 is 2.92 bits per heavy atom. The number of phenolic OH excluding ortho intramolecular Hbond substituents is 1. The SMILES string of the molecule is OCc1cnnc2c(O)cccc12. The number of nitrogens with zero attached hydrogens (tertiary/aromatic N) is 2. The van der Waals surface area contributed by atoms with Crippen LogP contribution in [0.4, 0.5) is 0 Å². The highest BCUT2D eigenvalue weighted by Crippen LogP contribution is 2.23. The lowest BCUT2D eigenvalue weighted by Gasteiger charge is -2.02. The van der Waals surface area contributed by atoms with Crippen LogP contribution in [-0.2, 0) is 6.61 Å². The molecule has 0 aliphatic heterocycles. The molecule has 1 heterocycles. The van der Waals surface area contributed by atoms with Gasteiger partial charge in [0.1, 0.15) is 11.3 Å². The van der Waals surface area contributed by atoms with Gasteiger partial charge in [-0.2, -0.15) is 5.10 Å². The molecule has 2 rings (SSSR count). The van der Waals surface area contributed by atoms with Gasteiger partial charge in [-0.3, -0.25) is 0 Å². The molecule has 4 heteroatoms. The third-order valence-corrected chi connectivity index (χ3v) is 1.90. The topological polar surface area (TPSA) is 66.2 Å². The van der Waals surface area contributed by atoms with E-state index >= 15 is 0 Å². The minimum Gasteiger partial charge on any atom is -0.506 e. The van der Waals surface area contributed by atoms with E-state index in [0.29, 0.717) is 11.1 Å². The Bertz CT molecular complexity index is 443. The molecule has 0 bridgehead atoms. The average molecular weight is 176 g/mol. The Morgan fingerprint density at radius 1 is 1.31 bits per heavy atom. The van der Waals surface area contributed by atoms with Crippen molar-refractivity contribution >= 4 is 10.9 Å². The van der Waals surface area contributed by atoms with Gasteiger partial charge in [-0.25, -0.2) is 0 Å². The average Bonchev–Trinajstić information content (AvgIpc) is 2.18. The van der Waals surface area contributed by atoms with E-state index in [0.717, 1.165) is 5.39 Å². The van der Waals surface area contributed by atoms with E-state index in [1.165, 1.54) is 12.3 Å². The van der Waals surface area contributed by atoms with E-state index in [2.05, 4.69) is 10.2 Å². The van der Waals surface area contributed by atoms with Crippen molar-refractivity contribution in [3.05, 3.63) is 30.0 Å². The molecule has 66 valence electrons. The molecule has 0 unspecified atom stereocenters. The summed E-state index contributed by atoms with van der Waals surface area (Å²) in [5.41, 5.74) is 1.09. The predicted molar refractivity (Wildman–Crippen MR) is 47.1 cm³/mol. The van der Waals surface area contributed by atoms with Crippen LogP contribution < -0.4 is 0 Å². The Labute approximate surface area is 74.5 Å². The lowest BCUT2D eigenvalue weighted by atomic mass is 10.1. The maximum Gasteiger partial charge on any atom is 0.143 e. The van der Waals surface area contributed by atoms with Crippen LogP contribution in [0.1, 0.15) is 5.56 Å². The van der Waals surface area contributed by atoms with Crippen LogP contribution in [0.2, 0.25) is 0 Å². The van der Waals surface area contributed by atoms with Crippen molar-refractivity contribution in [3.63, 3.8) is 0 Å². The van der Waals surface area contributed by atoms with Crippen molar-refractivity contribution in [1.82, 2.24) is 10.2 Å². The van der Waals surface area contributed by atoms with Gasteiger partial charge in [-0.15, -0.1) is 5.10 Å². The summed E-state index contributed by atoms with van der Waals surface area (Å²) in [4.78, 5) is 0. The molecule has 1 aromatic heterocycles. The first kappa shape index (κ1) is 7.94. The molecule has 2 N–H and O–H groups in total. The number of rotatable bonds is 1. The van der Waals surface area contributed by atoms with Gasteiger partial charge in [0.05, 0.1) is 12.8 Å². The highest BCUT2D eigenvalue weighted by molar-refractivity contribution is 5.86. The van der Waals surface area contributed by atoms with Crippen molar-refractivity contribution in [3.8, 4) is 5.75 Å². The summed E-state index contributed by atoms with van der Waals surface area (Å²) < 4.78 is 0. The van der Waals surface area contributed by atoms with E-state index in [1.807, 2.05) is 0 Å². The number of aromatic nitrogens is 2. The Hall–Kier alpha value is -1.68. The number of hydrogen-bond acceptors (Lipinski definition) is 4. The molecule has 0 amide bonds. The fourth-order valence-corrected chi connectivity index (χ4v) is 1.25. The molecular weight excluding hydrogens is 168 g/mol. The molecular formula is C9H8N2O2. The van der Waals surface area contributed by atoms with Gasteiger partial charge in [0.25, 0.3) is 0 Å². The second-order valence-corrected chi connectivity index (χ2v) is 2.70. The zero-order valence-corrected chi connectivity index (χ0v) is 6.81. The molecule has 1 aromatic carbocycles. The maximum absolute atomic E-state index is 9.41. The number of aliphatic hydroxyl groups is 1. The Morgan fingerprint density at radius 2 is 2.15 bits per heavy atom. The number of hydrogen-bond donors (Lipinski definition) is 2. The minimum absolute atomic E-state index is 0.0836. The zero-order chi connectivity index (χ0) is 9.26. The van der Waals surface area contributed by atoms with Crippen molar-refractivity contribution in [2.75, 3.05) is 0 Å². The first-order chi connectivity index (χ1) is 6.33. The van der Waals surface area contributed by atoms with Crippen molar-refractivity contribution in [2.24, 2.45) is 0 Å². The van der Waals surface area contributed by atoms with E-state index < -0.39 is 0 Å². The third kappa shape index (κ3) is 1.21. The third-order valence-electron chi connectivity index (χ3n) is 1.90. The zero-order valence-electron chi connectivity index (χ0n) is 6.81. The summed E-state index contributed by atoms with van der Waals surface area (Å²) in [6, 6.07) is 5.03. The van der Waals surface area contributed by atoms with Crippen LogP contribution in [0, 0.1) is 0 Å². The van der Waals surface area contributed by atoms with Gasteiger partial charge >= 0.3 is 0 Å². The highest BCUT2D eigenvalue weighted by Gasteiger charge is 2.04. The standard InChI is InChI=1S/C9H8N2O2/c12-5-6-4-10-11-9-7(6)2-1-3-8(9)13/h1-4,12-13H,5H2. The molecule has 0 saturated heterocycles. The molecule has 4 nitrogen and oxygen atoms in total. The molecule has 0 spiro atoms. The Kier molecular flexibility index (Phi) is 1.83. The summed E-state index contributed by atoms with van der Waals surface area (Å²) in [5.74, 6) is 0.0836. The summed E-state index contributed by atoms with van der Waals surface area (Å²) in [6.07, 6.45) is 1.49. The fourth-order valence-electron chi connectivity index (χ4n) is 1.25. The van der Waals surface area contributed by atoms with E-state index in [1.54, 1.807) is 12.1 Å². The lowest BCUT2D eigenvalue weighted by molar-refractivity contribution is 0.282. The molecule has 0 aliphatic carbocycles. The fraction of sp³-hybridized carbons (Fsp3) is 0.111. The smallest absolute Gasteiger partial charge is 0.143 e. The summed E-state index contributed by atoms with van der Waals surface area (Å²) in [6.45, 7) is -0.102. The molecule has 0 atom stereocenters. The van der Waals surface area contributed by atoms with Crippen LogP contribution in [-0.4, -0.2) is 20.4 Å². The van der Waals surface area contributed by atoms with E-state index in [9.17, 15) is 5.11 Å². The van der Waals surface area contributed by atoms with Crippen molar-refractivity contribution in [2.45, 2.75) is 6.61 Å². The Balaban J connectivity index is 2.84. The lowest BCUT2D eigenvalue weighted by Crippen LogP contribution is -1.91. The van der Waals surface area contributed by atoms with Gasteiger partial charge in [0, 0.05) is 10.9 Å². The van der Waals surface area contributed by atoms with Gasteiger partial charge < -0.3 is 10.2 Å². The number of fused-ring (bicyclic) bond motifs is 1. The summed E-state index contributed by atoms with van der Waals surface area (Å²) in [7, 11) is 0. The number of aromatic hydroxyl groups is 1. The van der Waals surface area contributed by atoms with E-state index in [-0.39, 0.29) is 12.4 Å². The predicted octanol–water partition coefficient (Wildman–Crippen LogP) is 0.828. The second kappa shape index (κ2) is 2.99. The van der Waals surface area contributed by atoms with Crippen molar-refractivity contribution in [1.29, 1.82) is 0 Å². The molecule has 0 aliphatic rings. The van der Waals surface area contributed by atoms with Crippen molar-refractivity contribution < 1.29 is 10.2 Å². The normalized spacial score (nSPS) is 10.5. The maximum atomic E-state index is 9.41. The van der Waals surface area contributed by atoms with Crippen LogP contribution >= 0.6 is 0 Å². The van der Waals surface area contributed by atoms with Gasteiger partial charge in [-0.1, -0.05) is 12.1 Å². The van der Waals surface area contributed by atoms with Crippen LogP contribution in [0.25, 0.3) is 10.9 Å². The summed E-state index contributed by atoms with van der Waals surface area (Å²) in [5, 5.41) is 26.6. The molecule has 2 aromatic rings. The molecule has 0 fully saturated rings. The minimum atomic E-state index is -0.102.